The van der Waals surface area contributed by atoms with Gasteiger partial charge in [-0.1, -0.05) is 17.7 Å². The number of rotatable bonds is 5. The summed E-state index contributed by atoms with van der Waals surface area (Å²) in [4.78, 5) is 4.45. The number of benzene rings is 1. The second-order valence-electron chi connectivity index (χ2n) is 3.85. The molecule has 0 atom stereocenters. The maximum absolute atomic E-state index is 5.47. The third-order valence-corrected chi connectivity index (χ3v) is 3.39. The number of hydrogen-bond donors (Lipinski definition) is 1. The first-order valence-electron chi connectivity index (χ1n) is 5.59. The van der Waals surface area contributed by atoms with Crippen molar-refractivity contribution >= 4 is 11.8 Å². The number of hydrogen-bond acceptors (Lipinski definition) is 4. The third kappa shape index (κ3) is 3.35. The van der Waals surface area contributed by atoms with Crippen LogP contribution in [0.3, 0.4) is 0 Å². The molecule has 0 amide bonds. The van der Waals surface area contributed by atoms with Crippen LogP contribution in [-0.4, -0.2) is 17.3 Å². The third-order valence-electron chi connectivity index (χ3n) is 2.36. The summed E-state index contributed by atoms with van der Waals surface area (Å²) in [7, 11) is 0. The van der Waals surface area contributed by atoms with Crippen LogP contribution in [0, 0.1) is 6.92 Å². The second kappa shape index (κ2) is 5.89. The average molecular weight is 248 g/mol. The van der Waals surface area contributed by atoms with Crippen LogP contribution < -0.4 is 5.73 Å². The molecule has 0 saturated heterocycles. The Hall–Kier alpha value is -1.26. The molecule has 2 rings (SSSR count). The summed E-state index contributed by atoms with van der Waals surface area (Å²) in [6.07, 6.45) is 1.72. The number of aromatic nitrogens is 1. The van der Waals surface area contributed by atoms with Crippen LogP contribution in [0.2, 0.25) is 0 Å². The maximum atomic E-state index is 5.47. The minimum absolute atomic E-state index is 0.688. The molecular weight excluding hydrogens is 232 g/mol. The second-order valence-corrected chi connectivity index (χ2v) is 4.96. The molecule has 0 radical (unpaired) electrons. The Kier molecular flexibility index (Phi) is 4.23. The lowest BCUT2D eigenvalue weighted by Crippen LogP contribution is -2.01. The Morgan fingerprint density at radius 3 is 2.76 bits per heavy atom. The lowest BCUT2D eigenvalue weighted by Gasteiger charge is -1.96. The molecule has 0 spiro atoms. The van der Waals surface area contributed by atoms with E-state index in [1.54, 1.807) is 18.0 Å². The van der Waals surface area contributed by atoms with Crippen molar-refractivity contribution in [1.82, 2.24) is 4.98 Å². The zero-order valence-electron chi connectivity index (χ0n) is 9.85. The fourth-order valence-electron chi connectivity index (χ4n) is 1.46. The topological polar surface area (TPSA) is 52.0 Å². The van der Waals surface area contributed by atoms with Crippen LogP contribution in [0.5, 0.6) is 0 Å². The van der Waals surface area contributed by atoms with Gasteiger partial charge < -0.3 is 10.2 Å². The SMILES string of the molecule is Cc1ccc(-c2nc(CSCCN)co2)cc1. The van der Waals surface area contributed by atoms with Crippen LogP contribution in [0.15, 0.2) is 34.9 Å². The van der Waals surface area contributed by atoms with Crippen molar-refractivity contribution in [2.45, 2.75) is 12.7 Å². The molecule has 3 nitrogen and oxygen atoms in total. The molecule has 2 N–H and O–H groups in total. The number of oxazole rings is 1. The molecule has 1 heterocycles. The van der Waals surface area contributed by atoms with E-state index in [1.807, 2.05) is 12.1 Å². The molecule has 0 bridgehead atoms. The minimum Gasteiger partial charge on any atom is -0.444 e. The lowest BCUT2D eigenvalue weighted by molar-refractivity contribution is 0.573. The van der Waals surface area contributed by atoms with Gasteiger partial charge in [0.15, 0.2) is 0 Å². The fourth-order valence-corrected chi connectivity index (χ4v) is 2.11. The summed E-state index contributed by atoms with van der Waals surface area (Å²) in [6, 6.07) is 8.17. The van der Waals surface area contributed by atoms with Crippen LogP contribution >= 0.6 is 11.8 Å². The van der Waals surface area contributed by atoms with E-state index in [0.29, 0.717) is 12.4 Å². The van der Waals surface area contributed by atoms with Gasteiger partial charge in [-0.15, -0.1) is 0 Å². The molecule has 0 aliphatic carbocycles. The van der Waals surface area contributed by atoms with E-state index in [9.17, 15) is 0 Å². The van der Waals surface area contributed by atoms with Crippen molar-refractivity contribution in [3.8, 4) is 11.5 Å². The highest BCUT2D eigenvalue weighted by Gasteiger charge is 2.06. The van der Waals surface area contributed by atoms with E-state index in [4.69, 9.17) is 10.2 Å². The van der Waals surface area contributed by atoms with Gasteiger partial charge in [0.25, 0.3) is 0 Å². The van der Waals surface area contributed by atoms with Gasteiger partial charge in [-0.3, -0.25) is 0 Å². The summed E-state index contributed by atoms with van der Waals surface area (Å²) in [5.74, 6) is 2.49. The first-order chi connectivity index (χ1) is 8.29. The Morgan fingerprint density at radius 1 is 1.29 bits per heavy atom. The largest absolute Gasteiger partial charge is 0.444 e. The monoisotopic (exact) mass is 248 g/mol. The zero-order valence-corrected chi connectivity index (χ0v) is 10.7. The molecule has 90 valence electrons. The maximum Gasteiger partial charge on any atom is 0.226 e. The molecule has 4 heteroatoms. The molecule has 1 aromatic carbocycles. The normalized spacial score (nSPS) is 10.7. The molecule has 1 aromatic heterocycles. The zero-order chi connectivity index (χ0) is 12.1. The van der Waals surface area contributed by atoms with E-state index >= 15 is 0 Å². The molecule has 0 fully saturated rings. The molecule has 17 heavy (non-hydrogen) atoms. The van der Waals surface area contributed by atoms with Gasteiger partial charge in [-0.05, 0) is 19.1 Å². The summed E-state index contributed by atoms with van der Waals surface area (Å²) in [6.45, 7) is 2.77. The van der Waals surface area contributed by atoms with Gasteiger partial charge >= 0.3 is 0 Å². The molecule has 0 saturated carbocycles. The Labute approximate surface area is 105 Å². The number of nitrogens with two attached hydrogens (primary N) is 1. The van der Waals surface area contributed by atoms with E-state index in [0.717, 1.165) is 22.8 Å². The van der Waals surface area contributed by atoms with Crippen LogP contribution in [0.25, 0.3) is 11.5 Å². The predicted octanol–water partition coefficient (Wildman–Crippen LogP) is 2.84. The summed E-state index contributed by atoms with van der Waals surface area (Å²) < 4.78 is 5.47. The van der Waals surface area contributed by atoms with E-state index in [-0.39, 0.29) is 0 Å². The highest BCUT2D eigenvalue weighted by atomic mass is 32.2. The highest BCUT2D eigenvalue weighted by Crippen LogP contribution is 2.20. The van der Waals surface area contributed by atoms with E-state index in [2.05, 4.69) is 24.0 Å². The fraction of sp³-hybridized carbons (Fsp3) is 0.308. The quantitative estimate of drug-likeness (QED) is 0.827. The molecule has 0 unspecified atom stereocenters. The van der Waals surface area contributed by atoms with Gasteiger partial charge in [0, 0.05) is 23.6 Å². The Morgan fingerprint density at radius 2 is 2.06 bits per heavy atom. The summed E-state index contributed by atoms with van der Waals surface area (Å²) >= 11 is 1.77. The Balaban J connectivity index is 2.04. The van der Waals surface area contributed by atoms with E-state index in [1.165, 1.54) is 5.56 Å². The van der Waals surface area contributed by atoms with Gasteiger partial charge in [0.2, 0.25) is 5.89 Å². The number of nitrogens with zero attached hydrogens (tertiary/aromatic N) is 1. The van der Waals surface area contributed by atoms with Crippen molar-refractivity contribution in [3.63, 3.8) is 0 Å². The van der Waals surface area contributed by atoms with Gasteiger partial charge in [0.05, 0.1) is 5.69 Å². The van der Waals surface area contributed by atoms with Crippen molar-refractivity contribution in [2.75, 3.05) is 12.3 Å². The Bertz CT molecular complexity index is 465. The number of thioether (sulfide) groups is 1. The lowest BCUT2D eigenvalue weighted by atomic mass is 10.1. The van der Waals surface area contributed by atoms with Crippen LogP contribution in [0.4, 0.5) is 0 Å². The summed E-state index contributed by atoms with van der Waals surface area (Å²) in [5.41, 5.74) is 8.66. The van der Waals surface area contributed by atoms with Crippen LogP contribution in [-0.2, 0) is 5.75 Å². The number of aryl methyl sites for hydroxylation is 1. The molecule has 2 aromatic rings. The first kappa shape index (κ1) is 12.2. The van der Waals surface area contributed by atoms with Crippen molar-refractivity contribution < 1.29 is 4.42 Å². The van der Waals surface area contributed by atoms with Crippen molar-refractivity contribution in [1.29, 1.82) is 0 Å². The van der Waals surface area contributed by atoms with Crippen molar-refractivity contribution in [2.24, 2.45) is 5.73 Å². The minimum atomic E-state index is 0.688. The predicted molar refractivity (Wildman–Crippen MR) is 71.9 cm³/mol. The van der Waals surface area contributed by atoms with Crippen LogP contribution in [0.1, 0.15) is 11.3 Å². The standard InChI is InChI=1S/C13H16N2OS/c1-10-2-4-11(5-3-10)13-15-12(8-16-13)9-17-7-6-14/h2-5,8H,6-7,9,14H2,1H3. The summed E-state index contributed by atoms with van der Waals surface area (Å²) in [5, 5.41) is 0. The molecule has 0 aliphatic heterocycles. The van der Waals surface area contributed by atoms with Gasteiger partial charge in [0.1, 0.15) is 6.26 Å². The van der Waals surface area contributed by atoms with Crippen molar-refractivity contribution in [3.05, 3.63) is 41.8 Å². The van der Waals surface area contributed by atoms with E-state index < -0.39 is 0 Å². The van der Waals surface area contributed by atoms with Gasteiger partial charge in [-0.25, -0.2) is 4.98 Å². The smallest absolute Gasteiger partial charge is 0.226 e. The molecule has 0 aliphatic rings. The highest BCUT2D eigenvalue weighted by molar-refractivity contribution is 7.98. The van der Waals surface area contributed by atoms with Gasteiger partial charge in [-0.2, -0.15) is 11.8 Å². The average Bonchev–Trinajstić information content (AvgIpc) is 2.79. The first-order valence-corrected chi connectivity index (χ1v) is 6.74. The molecular formula is C13H16N2OS.